The minimum Gasteiger partial charge on any atom is -0.369 e. The van der Waals surface area contributed by atoms with Crippen LogP contribution in [0.1, 0.15) is 13.3 Å². The van der Waals surface area contributed by atoms with Crippen LogP contribution < -0.4 is 10.2 Å². The van der Waals surface area contributed by atoms with Crippen LogP contribution in [-0.2, 0) is 9.59 Å². The molecule has 21 heavy (non-hydrogen) atoms. The largest absolute Gasteiger partial charge is 0.369 e. The number of carbonyl (C=O) groups is 2. The molecule has 6 heteroatoms. The SMILES string of the molecule is CC(=O)N(C)CC(=O)NC1CCN(c2ccc(Cl)cc2)C1. The number of carbonyl (C=O) groups excluding carboxylic acids is 2. The van der Waals surface area contributed by atoms with E-state index in [1.54, 1.807) is 7.05 Å². The standard InChI is InChI=1S/C15H20ClN3O2/c1-11(20)18(2)10-15(21)17-13-7-8-19(9-13)14-5-3-12(16)4-6-14/h3-6,13H,7-10H2,1-2H3,(H,17,21). The Morgan fingerprint density at radius 2 is 2.05 bits per heavy atom. The highest BCUT2D eigenvalue weighted by molar-refractivity contribution is 6.30. The Balaban J connectivity index is 1.84. The zero-order valence-electron chi connectivity index (χ0n) is 12.3. The Morgan fingerprint density at radius 3 is 2.67 bits per heavy atom. The molecule has 1 heterocycles. The van der Waals surface area contributed by atoms with E-state index in [9.17, 15) is 9.59 Å². The highest BCUT2D eigenvalue weighted by Crippen LogP contribution is 2.22. The lowest BCUT2D eigenvalue weighted by Gasteiger charge is -2.20. The zero-order chi connectivity index (χ0) is 15.4. The van der Waals surface area contributed by atoms with E-state index in [-0.39, 0.29) is 24.4 Å². The number of likely N-dealkylation sites (N-methyl/N-ethyl adjacent to an activating group) is 1. The topological polar surface area (TPSA) is 52.7 Å². The third-order valence-electron chi connectivity index (χ3n) is 3.66. The molecule has 0 saturated carbocycles. The highest BCUT2D eigenvalue weighted by Gasteiger charge is 2.24. The summed E-state index contributed by atoms with van der Waals surface area (Å²) in [5, 5.41) is 3.69. The van der Waals surface area contributed by atoms with E-state index in [1.807, 2.05) is 24.3 Å². The van der Waals surface area contributed by atoms with Crippen molar-refractivity contribution in [1.82, 2.24) is 10.2 Å². The molecular weight excluding hydrogens is 290 g/mol. The fourth-order valence-electron chi connectivity index (χ4n) is 2.36. The monoisotopic (exact) mass is 309 g/mol. The van der Waals surface area contributed by atoms with Gasteiger partial charge in [-0.2, -0.15) is 0 Å². The fourth-order valence-corrected chi connectivity index (χ4v) is 2.49. The number of rotatable bonds is 4. The highest BCUT2D eigenvalue weighted by atomic mass is 35.5. The molecule has 114 valence electrons. The maximum absolute atomic E-state index is 11.9. The molecule has 1 unspecified atom stereocenters. The molecule has 1 N–H and O–H groups in total. The van der Waals surface area contributed by atoms with Crippen LogP contribution in [-0.4, -0.2) is 49.4 Å². The van der Waals surface area contributed by atoms with Gasteiger partial charge in [0, 0.05) is 43.8 Å². The number of halogens is 1. The van der Waals surface area contributed by atoms with E-state index in [2.05, 4.69) is 10.2 Å². The normalized spacial score (nSPS) is 17.7. The first-order valence-corrected chi connectivity index (χ1v) is 7.35. The lowest BCUT2D eigenvalue weighted by Crippen LogP contribution is -2.43. The van der Waals surface area contributed by atoms with Gasteiger partial charge < -0.3 is 15.1 Å². The molecule has 2 rings (SSSR count). The predicted molar refractivity (Wildman–Crippen MR) is 83.5 cm³/mol. The van der Waals surface area contributed by atoms with Gasteiger partial charge in [0.05, 0.1) is 6.54 Å². The average molecular weight is 310 g/mol. The van der Waals surface area contributed by atoms with Crippen molar-refractivity contribution < 1.29 is 9.59 Å². The molecular formula is C15H20ClN3O2. The van der Waals surface area contributed by atoms with E-state index in [0.29, 0.717) is 0 Å². The molecule has 1 atom stereocenters. The van der Waals surface area contributed by atoms with Gasteiger partial charge in [0.25, 0.3) is 0 Å². The van der Waals surface area contributed by atoms with Crippen LogP contribution in [0.5, 0.6) is 0 Å². The van der Waals surface area contributed by atoms with Crippen LogP contribution in [0.3, 0.4) is 0 Å². The minimum absolute atomic E-state index is 0.104. The first-order valence-electron chi connectivity index (χ1n) is 6.97. The van der Waals surface area contributed by atoms with Gasteiger partial charge in [-0.15, -0.1) is 0 Å². The number of nitrogens with one attached hydrogen (secondary N) is 1. The Hall–Kier alpha value is -1.75. The van der Waals surface area contributed by atoms with Gasteiger partial charge in [0.1, 0.15) is 0 Å². The number of amides is 2. The summed E-state index contributed by atoms with van der Waals surface area (Å²) in [7, 11) is 1.62. The third kappa shape index (κ3) is 4.36. The van der Waals surface area contributed by atoms with Crippen molar-refractivity contribution in [3.8, 4) is 0 Å². The van der Waals surface area contributed by atoms with Crippen molar-refractivity contribution in [2.45, 2.75) is 19.4 Å². The minimum atomic E-state index is -0.115. The Labute approximate surface area is 129 Å². The fraction of sp³-hybridized carbons (Fsp3) is 0.467. The second-order valence-electron chi connectivity index (χ2n) is 5.35. The summed E-state index contributed by atoms with van der Waals surface area (Å²) < 4.78 is 0. The maximum atomic E-state index is 11.9. The van der Waals surface area contributed by atoms with Crippen molar-refractivity contribution in [1.29, 1.82) is 0 Å². The van der Waals surface area contributed by atoms with Crippen LogP contribution in [0.2, 0.25) is 5.02 Å². The molecule has 1 aliphatic rings. The number of benzene rings is 1. The number of hydrogen-bond donors (Lipinski definition) is 1. The summed E-state index contributed by atoms with van der Waals surface area (Å²) in [5.41, 5.74) is 1.11. The summed E-state index contributed by atoms with van der Waals surface area (Å²) in [6, 6.07) is 7.81. The van der Waals surface area contributed by atoms with Gasteiger partial charge in [0.2, 0.25) is 11.8 Å². The maximum Gasteiger partial charge on any atom is 0.239 e. The number of anilines is 1. The summed E-state index contributed by atoms with van der Waals surface area (Å²) in [6.07, 6.45) is 0.901. The van der Waals surface area contributed by atoms with Crippen LogP contribution >= 0.6 is 11.6 Å². The lowest BCUT2D eigenvalue weighted by molar-refractivity contribution is -0.133. The first-order chi connectivity index (χ1) is 9.95. The Kier molecular flexibility index (Phi) is 5.07. The van der Waals surface area contributed by atoms with Crippen LogP contribution in [0.15, 0.2) is 24.3 Å². The summed E-state index contributed by atoms with van der Waals surface area (Å²) in [4.78, 5) is 26.6. The first kappa shape index (κ1) is 15.6. The summed E-state index contributed by atoms with van der Waals surface area (Å²) in [5.74, 6) is -0.227. The van der Waals surface area contributed by atoms with E-state index in [4.69, 9.17) is 11.6 Å². The van der Waals surface area contributed by atoms with Crippen molar-refractivity contribution >= 4 is 29.1 Å². The molecule has 1 saturated heterocycles. The van der Waals surface area contributed by atoms with Gasteiger partial charge in [-0.25, -0.2) is 0 Å². The van der Waals surface area contributed by atoms with Crippen molar-refractivity contribution in [2.75, 3.05) is 31.6 Å². The van der Waals surface area contributed by atoms with Crippen LogP contribution in [0.25, 0.3) is 0 Å². The third-order valence-corrected chi connectivity index (χ3v) is 3.92. The van der Waals surface area contributed by atoms with E-state index in [1.165, 1.54) is 11.8 Å². The van der Waals surface area contributed by atoms with E-state index < -0.39 is 0 Å². The molecule has 0 spiro atoms. The Bertz CT molecular complexity index is 518. The number of hydrogen-bond acceptors (Lipinski definition) is 3. The molecule has 0 aliphatic carbocycles. The molecule has 1 aromatic rings. The predicted octanol–water partition coefficient (Wildman–Crippen LogP) is 1.51. The van der Waals surface area contributed by atoms with Crippen LogP contribution in [0, 0.1) is 0 Å². The molecule has 0 radical (unpaired) electrons. The van der Waals surface area contributed by atoms with Crippen molar-refractivity contribution in [2.24, 2.45) is 0 Å². The molecule has 1 aliphatic heterocycles. The second kappa shape index (κ2) is 6.80. The number of nitrogens with zero attached hydrogens (tertiary/aromatic N) is 2. The van der Waals surface area contributed by atoms with Gasteiger partial charge >= 0.3 is 0 Å². The van der Waals surface area contributed by atoms with Gasteiger partial charge in [-0.3, -0.25) is 9.59 Å². The quantitative estimate of drug-likeness (QED) is 0.917. The van der Waals surface area contributed by atoms with Gasteiger partial charge in [0.15, 0.2) is 0 Å². The molecule has 2 amide bonds. The van der Waals surface area contributed by atoms with E-state index in [0.717, 1.165) is 30.2 Å². The summed E-state index contributed by atoms with van der Waals surface area (Å²) >= 11 is 5.88. The zero-order valence-corrected chi connectivity index (χ0v) is 13.1. The van der Waals surface area contributed by atoms with Crippen molar-refractivity contribution in [3.63, 3.8) is 0 Å². The second-order valence-corrected chi connectivity index (χ2v) is 5.79. The summed E-state index contributed by atoms with van der Waals surface area (Å²) in [6.45, 7) is 3.23. The lowest BCUT2D eigenvalue weighted by atomic mass is 10.2. The molecule has 0 bridgehead atoms. The average Bonchev–Trinajstić information content (AvgIpc) is 2.87. The van der Waals surface area contributed by atoms with Crippen LogP contribution in [0.4, 0.5) is 5.69 Å². The molecule has 1 fully saturated rings. The van der Waals surface area contributed by atoms with Crippen molar-refractivity contribution in [3.05, 3.63) is 29.3 Å². The molecule has 5 nitrogen and oxygen atoms in total. The molecule has 1 aromatic carbocycles. The Morgan fingerprint density at radius 1 is 1.38 bits per heavy atom. The smallest absolute Gasteiger partial charge is 0.239 e. The van der Waals surface area contributed by atoms with E-state index >= 15 is 0 Å². The van der Waals surface area contributed by atoms with Gasteiger partial charge in [-0.1, -0.05) is 11.6 Å². The molecule has 0 aromatic heterocycles. The van der Waals surface area contributed by atoms with Gasteiger partial charge in [-0.05, 0) is 30.7 Å².